The lowest BCUT2D eigenvalue weighted by Crippen LogP contribution is -1.98. The van der Waals surface area contributed by atoms with E-state index in [0.29, 0.717) is 17.4 Å². The summed E-state index contributed by atoms with van der Waals surface area (Å²) < 4.78 is 17.7. The second-order valence-electron chi connectivity index (χ2n) is 2.11. The van der Waals surface area contributed by atoms with Crippen LogP contribution in [0.3, 0.4) is 0 Å². The van der Waals surface area contributed by atoms with Gasteiger partial charge in [-0.15, -0.1) is 0 Å². The van der Waals surface area contributed by atoms with Gasteiger partial charge in [-0.05, 0) is 18.2 Å². The van der Waals surface area contributed by atoms with Crippen LogP contribution in [0, 0.1) is 5.82 Å². The number of hydrogen-bond donors (Lipinski definition) is 0. The minimum absolute atomic E-state index is 0.302. The molecule has 4 heteroatoms. The number of benzene rings is 1. The first-order chi connectivity index (χ1) is 5.74. The van der Waals surface area contributed by atoms with Crippen molar-refractivity contribution in [1.82, 2.24) is 0 Å². The molecule has 0 heterocycles. The van der Waals surface area contributed by atoms with Gasteiger partial charge in [-0.3, -0.25) is 0 Å². The fourth-order valence-electron chi connectivity index (χ4n) is 0.741. The van der Waals surface area contributed by atoms with Crippen molar-refractivity contribution in [2.45, 2.75) is 0 Å². The van der Waals surface area contributed by atoms with Crippen molar-refractivity contribution in [3.05, 3.63) is 29.0 Å². The van der Waals surface area contributed by atoms with Crippen molar-refractivity contribution in [2.24, 2.45) is 0 Å². The molecule has 1 aromatic rings. The molecule has 0 spiro atoms. The Morgan fingerprint density at radius 2 is 2.25 bits per heavy atom. The fourth-order valence-corrected chi connectivity index (χ4v) is 1.12. The van der Waals surface area contributed by atoms with Crippen LogP contribution in [0.15, 0.2) is 18.2 Å². The van der Waals surface area contributed by atoms with E-state index in [1.807, 2.05) is 0 Å². The Hall–Kier alpha value is -0.280. The molecule has 0 unspecified atom stereocenters. The lowest BCUT2D eigenvalue weighted by Gasteiger charge is -2.05. The Morgan fingerprint density at radius 3 is 2.83 bits per heavy atom. The number of halogens is 3. The monoisotopic (exact) mass is 252 g/mol. The summed E-state index contributed by atoms with van der Waals surface area (Å²) in [6.45, 7) is 0.519. The summed E-state index contributed by atoms with van der Waals surface area (Å²) in [6, 6.07) is 4.06. The predicted molar refractivity (Wildman–Crippen MR) is 50.7 cm³/mol. The Morgan fingerprint density at radius 1 is 1.50 bits per heavy atom. The van der Waals surface area contributed by atoms with Crippen LogP contribution in [-0.2, 0) is 0 Å². The third-order valence-electron chi connectivity index (χ3n) is 1.23. The maximum absolute atomic E-state index is 12.5. The highest BCUT2D eigenvalue weighted by Crippen LogP contribution is 2.24. The lowest BCUT2D eigenvalue weighted by atomic mass is 10.3. The molecule has 0 aliphatic carbocycles. The van der Waals surface area contributed by atoms with Crippen LogP contribution in [0.5, 0.6) is 5.75 Å². The first-order valence-electron chi connectivity index (χ1n) is 3.38. The molecule has 0 aliphatic heterocycles. The zero-order chi connectivity index (χ0) is 8.97. The summed E-state index contributed by atoms with van der Waals surface area (Å²) in [4.78, 5) is 0. The number of hydrogen-bond acceptors (Lipinski definition) is 1. The molecule has 0 aromatic heterocycles. The van der Waals surface area contributed by atoms with Gasteiger partial charge in [0.1, 0.15) is 11.6 Å². The zero-order valence-electron chi connectivity index (χ0n) is 6.19. The molecule has 0 amide bonds. The van der Waals surface area contributed by atoms with Crippen LogP contribution in [0.25, 0.3) is 0 Å². The molecule has 0 saturated heterocycles. The number of rotatable bonds is 3. The van der Waals surface area contributed by atoms with Gasteiger partial charge >= 0.3 is 0 Å². The first kappa shape index (κ1) is 9.81. The third-order valence-corrected chi connectivity index (χ3v) is 1.85. The average Bonchev–Trinajstić information content (AvgIpc) is 2.03. The van der Waals surface area contributed by atoms with Crippen molar-refractivity contribution in [3.8, 4) is 5.75 Å². The molecule has 0 bridgehead atoms. The number of alkyl halides is 1. The van der Waals surface area contributed by atoms with E-state index in [0.717, 1.165) is 5.33 Å². The lowest BCUT2D eigenvalue weighted by molar-refractivity contribution is 0.344. The molecule has 0 radical (unpaired) electrons. The first-order valence-corrected chi connectivity index (χ1v) is 4.88. The molecule has 12 heavy (non-hydrogen) atoms. The Kier molecular flexibility index (Phi) is 3.82. The quantitative estimate of drug-likeness (QED) is 0.751. The van der Waals surface area contributed by atoms with Crippen LogP contribution in [0.1, 0.15) is 0 Å². The molecule has 0 atom stereocenters. The van der Waals surface area contributed by atoms with E-state index >= 15 is 0 Å². The molecule has 0 N–H and O–H groups in total. The van der Waals surface area contributed by atoms with Crippen LogP contribution < -0.4 is 4.74 Å². The molecular weight excluding hydrogens is 246 g/mol. The third kappa shape index (κ3) is 2.64. The fraction of sp³-hybridized carbons (Fsp3) is 0.250. The normalized spacial score (nSPS) is 9.92. The summed E-state index contributed by atoms with van der Waals surface area (Å²) in [5, 5.41) is 1.02. The molecular formula is C8H7BrClFO. The highest BCUT2D eigenvalue weighted by molar-refractivity contribution is 9.09. The standard InChI is InChI=1S/C8H7BrClFO/c9-3-4-12-8-2-1-6(11)5-7(8)10/h1-2,5H,3-4H2. The average molecular weight is 253 g/mol. The second kappa shape index (κ2) is 4.67. The molecule has 1 aromatic carbocycles. The van der Waals surface area contributed by atoms with Crippen LogP contribution in [0.4, 0.5) is 4.39 Å². The van der Waals surface area contributed by atoms with Gasteiger partial charge in [0.2, 0.25) is 0 Å². The highest BCUT2D eigenvalue weighted by Gasteiger charge is 2.01. The molecule has 0 aliphatic rings. The van der Waals surface area contributed by atoms with E-state index < -0.39 is 0 Å². The highest BCUT2D eigenvalue weighted by atomic mass is 79.9. The van der Waals surface area contributed by atoms with Crippen molar-refractivity contribution >= 4 is 27.5 Å². The van der Waals surface area contributed by atoms with E-state index in [-0.39, 0.29) is 5.82 Å². The molecule has 1 nitrogen and oxygen atoms in total. The van der Waals surface area contributed by atoms with E-state index in [9.17, 15) is 4.39 Å². The summed E-state index contributed by atoms with van der Waals surface area (Å²) in [5.41, 5.74) is 0. The summed E-state index contributed by atoms with van der Waals surface area (Å²) in [5.74, 6) is 0.156. The van der Waals surface area contributed by atoms with Gasteiger partial charge in [-0.25, -0.2) is 4.39 Å². The maximum Gasteiger partial charge on any atom is 0.138 e. The van der Waals surface area contributed by atoms with Gasteiger partial charge in [0, 0.05) is 5.33 Å². The van der Waals surface area contributed by atoms with Crippen LogP contribution >= 0.6 is 27.5 Å². The van der Waals surface area contributed by atoms with Crippen LogP contribution in [-0.4, -0.2) is 11.9 Å². The SMILES string of the molecule is Fc1ccc(OCCBr)c(Cl)c1. The molecule has 0 saturated carbocycles. The van der Waals surface area contributed by atoms with E-state index in [1.54, 1.807) is 0 Å². The minimum atomic E-state index is -0.355. The summed E-state index contributed by atoms with van der Waals surface area (Å²) in [7, 11) is 0. The van der Waals surface area contributed by atoms with Crippen molar-refractivity contribution in [1.29, 1.82) is 0 Å². The Bertz CT molecular complexity index is 267. The molecule has 1 rings (SSSR count). The summed E-state index contributed by atoms with van der Waals surface area (Å²) >= 11 is 8.89. The van der Waals surface area contributed by atoms with Gasteiger partial charge in [0.25, 0.3) is 0 Å². The topological polar surface area (TPSA) is 9.23 Å². The van der Waals surface area contributed by atoms with E-state index in [4.69, 9.17) is 16.3 Å². The van der Waals surface area contributed by atoms with Crippen molar-refractivity contribution in [3.63, 3.8) is 0 Å². The van der Waals surface area contributed by atoms with Gasteiger partial charge in [-0.1, -0.05) is 27.5 Å². The maximum atomic E-state index is 12.5. The van der Waals surface area contributed by atoms with E-state index in [2.05, 4.69) is 15.9 Å². The van der Waals surface area contributed by atoms with E-state index in [1.165, 1.54) is 18.2 Å². The number of ether oxygens (including phenoxy) is 1. The summed E-state index contributed by atoms with van der Waals surface area (Å²) in [6.07, 6.45) is 0. The smallest absolute Gasteiger partial charge is 0.138 e. The Labute approximate surface area is 83.6 Å². The van der Waals surface area contributed by atoms with Gasteiger partial charge in [0.15, 0.2) is 0 Å². The predicted octanol–water partition coefficient (Wildman–Crippen LogP) is 3.25. The zero-order valence-corrected chi connectivity index (χ0v) is 8.53. The van der Waals surface area contributed by atoms with Crippen molar-refractivity contribution in [2.75, 3.05) is 11.9 Å². The minimum Gasteiger partial charge on any atom is -0.491 e. The van der Waals surface area contributed by atoms with Gasteiger partial charge in [0.05, 0.1) is 11.6 Å². The molecule has 66 valence electrons. The largest absolute Gasteiger partial charge is 0.491 e. The second-order valence-corrected chi connectivity index (χ2v) is 3.31. The van der Waals surface area contributed by atoms with Gasteiger partial charge < -0.3 is 4.74 Å². The molecule has 0 fully saturated rings. The van der Waals surface area contributed by atoms with Crippen LogP contribution in [0.2, 0.25) is 5.02 Å². The van der Waals surface area contributed by atoms with Crippen molar-refractivity contribution < 1.29 is 9.13 Å². The Balaban J connectivity index is 2.72. The van der Waals surface area contributed by atoms with Gasteiger partial charge in [-0.2, -0.15) is 0 Å².